The topological polar surface area (TPSA) is 151 Å². The number of aliphatic imine (C=N–C) groups is 1. The number of quaternary nitrogens is 1. The third kappa shape index (κ3) is 5.72. The quantitative estimate of drug-likeness (QED) is 0.106. The van der Waals surface area contributed by atoms with E-state index >= 15 is 0 Å². The Morgan fingerprint density at radius 2 is 1.85 bits per heavy atom. The molecular weight excluding hydrogens is 498 g/mol. The highest BCUT2D eigenvalue weighted by molar-refractivity contribution is 6.00. The van der Waals surface area contributed by atoms with Crippen molar-refractivity contribution in [2.45, 2.75) is 38.8 Å². The van der Waals surface area contributed by atoms with Crippen LogP contribution in [0, 0.1) is 11.8 Å². The Hall–Kier alpha value is -3.63. The van der Waals surface area contributed by atoms with Gasteiger partial charge in [0.05, 0.1) is 45.2 Å². The summed E-state index contributed by atoms with van der Waals surface area (Å²) in [5.41, 5.74) is 12.6. The molecule has 6 N–H and O–H groups in total. The summed E-state index contributed by atoms with van der Waals surface area (Å²) < 4.78 is 7.07. The van der Waals surface area contributed by atoms with Crippen LogP contribution in [-0.2, 0) is 16.0 Å². The molecule has 0 aliphatic carbocycles. The summed E-state index contributed by atoms with van der Waals surface area (Å²) in [6, 6.07) is 11.7. The second kappa shape index (κ2) is 11.2. The van der Waals surface area contributed by atoms with Crippen LogP contribution < -0.4 is 16.2 Å². The normalized spacial score (nSPS) is 21.5. The number of aliphatic carboxylic acids is 1. The summed E-state index contributed by atoms with van der Waals surface area (Å²) in [5.74, 6) is -1.54. The smallest absolute Gasteiger partial charge is 0.352 e. The van der Waals surface area contributed by atoms with Crippen molar-refractivity contribution in [3.8, 4) is 5.75 Å². The lowest BCUT2D eigenvalue weighted by Crippen LogP contribution is -2.63. The van der Waals surface area contributed by atoms with Crippen LogP contribution in [0.3, 0.4) is 0 Å². The van der Waals surface area contributed by atoms with Crippen LogP contribution in [0.15, 0.2) is 52.7 Å². The number of ether oxygens (including phenoxy) is 1. The van der Waals surface area contributed by atoms with Gasteiger partial charge in [-0.3, -0.25) is 9.79 Å². The molecule has 1 amide bonds. The predicted molar refractivity (Wildman–Crippen MR) is 150 cm³/mol. The third-order valence-electron chi connectivity index (χ3n) is 8.08. The lowest BCUT2D eigenvalue weighted by Gasteiger charge is -2.46. The second-order valence-corrected chi connectivity index (χ2v) is 11.3. The van der Waals surface area contributed by atoms with Crippen molar-refractivity contribution in [3.63, 3.8) is 0 Å². The van der Waals surface area contributed by atoms with Crippen molar-refractivity contribution in [2.24, 2.45) is 28.3 Å². The average Bonchev–Trinajstić information content (AvgIpc) is 3.11. The number of rotatable bonds is 12. The number of carboxylic acid groups (broad SMARTS) is 1. The molecule has 0 aromatic heterocycles. The summed E-state index contributed by atoms with van der Waals surface area (Å²) >= 11 is 0. The first-order chi connectivity index (χ1) is 18.4. The summed E-state index contributed by atoms with van der Waals surface area (Å²) in [6.45, 7) is 6.02. The number of guanidine groups is 1. The van der Waals surface area contributed by atoms with Gasteiger partial charge >= 0.3 is 5.97 Å². The van der Waals surface area contributed by atoms with E-state index in [2.05, 4.69) is 31.2 Å². The molecule has 0 spiro atoms. The fourth-order valence-electron chi connectivity index (χ4n) is 5.92. The average molecular weight is 539 g/mol. The molecule has 2 heterocycles. The van der Waals surface area contributed by atoms with Gasteiger partial charge in [0.2, 0.25) is 5.91 Å². The number of nitrogens with zero attached hydrogens (tertiary/aromatic N) is 3. The molecule has 0 radical (unpaired) electrons. The Bertz CT molecular complexity index is 1310. The lowest BCUT2D eigenvalue weighted by molar-refractivity contribution is -0.890. The molecule has 4 rings (SSSR count). The standard InChI is InChI=1S/C29H39N5O5/c1-17-22(26(28(37)38)33-25(17)24(18(2)35)27(33)36)16-39-23-11-6-9-20-19(8-5-10-21(20)23)12-15-34(3,4)14-7-13-32-29(30)31/h5-6,8-11,17-18,24-25,35H,7,12-16H2,1-4H3,(H4-,30,31,32,37,38)/p+1/t17-,18+,24+,25+/m0/s1. The molecule has 0 unspecified atom stereocenters. The molecule has 2 aromatic carbocycles. The number of carboxylic acids is 1. The number of aliphatic hydroxyl groups excluding tert-OH is 1. The molecular formula is C29H40N5O5+. The molecule has 39 heavy (non-hydrogen) atoms. The van der Waals surface area contributed by atoms with Crippen LogP contribution in [0.25, 0.3) is 10.8 Å². The van der Waals surface area contributed by atoms with Crippen molar-refractivity contribution in [1.29, 1.82) is 0 Å². The third-order valence-corrected chi connectivity index (χ3v) is 8.08. The predicted octanol–water partition coefficient (Wildman–Crippen LogP) is 1.70. The number of carbonyl (C=O) groups excluding carboxylic acids is 1. The van der Waals surface area contributed by atoms with Gasteiger partial charge < -0.3 is 35.8 Å². The van der Waals surface area contributed by atoms with E-state index < -0.39 is 18.0 Å². The number of carbonyl (C=O) groups is 2. The number of hydrogen-bond donors (Lipinski definition) is 4. The Morgan fingerprint density at radius 3 is 2.51 bits per heavy atom. The molecule has 10 nitrogen and oxygen atoms in total. The zero-order valence-corrected chi connectivity index (χ0v) is 23.1. The highest BCUT2D eigenvalue weighted by atomic mass is 16.5. The zero-order valence-electron chi connectivity index (χ0n) is 23.1. The maximum atomic E-state index is 12.6. The van der Waals surface area contributed by atoms with Gasteiger partial charge in [-0.05, 0) is 23.9 Å². The number of likely N-dealkylation sites (N-methyl/N-ethyl adjacent to an activating group) is 1. The van der Waals surface area contributed by atoms with Gasteiger partial charge in [0.1, 0.15) is 18.1 Å². The first-order valence-electron chi connectivity index (χ1n) is 13.4. The van der Waals surface area contributed by atoms with Crippen molar-refractivity contribution in [1.82, 2.24) is 4.90 Å². The Kier molecular flexibility index (Phi) is 8.17. The minimum Gasteiger partial charge on any atom is -0.488 e. The van der Waals surface area contributed by atoms with Gasteiger partial charge in [-0.1, -0.05) is 37.3 Å². The zero-order chi connectivity index (χ0) is 28.5. The number of hydrogen-bond acceptors (Lipinski definition) is 5. The molecule has 2 aliphatic heterocycles. The first kappa shape index (κ1) is 28.4. The van der Waals surface area contributed by atoms with Gasteiger partial charge in [0.15, 0.2) is 5.96 Å². The number of benzene rings is 2. The molecule has 10 heteroatoms. The number of aliphatic hydroxyl groups is 1. The number of β-lactam (4-membered cyclic amide) rings is 1. The van der Waals surface area contributed by atoms with E-state index in [1.54, 1.807) is 6.92 Å². The van der Waals surface area contributed by atoms with Crippen LogP contribution in [0.1, 0.15) is 25.8 Å². The SMILES string of the molecule is C[C@@H](O)[C@H]1C(=O)N2C(C(=O)O)=C(COc3cccc4c(CC[N+](C)(C)CCCN=C(N)N)cccc34)[C@H](C)[C@H]12. The Balaban J connectivity index is 1.50. The number of nitrogens with two attached hydrogens (primary N) is 2. The Labute approximate surface area is 229 Å². The molecule has 4 atom stereocenters. The first-order valence-corrected chi connectivity index (χ1v) is 13.4. The molecule has 2 aliphatic rings. The van der Waals surface area contributed by atoms with Crippen LogP contribution in [-0.4, -0.2) is 89.9 Å². The fraction of sp³-hybridized carbons (Fsp3) is 0.483. The monoisotopic (exact) mass is 538 g/mol. The van der Waals surface area contributed by atoms with Crippen LogP contribution in [0.2, 0.25) is 0 Å². The second-order valence-electron chi connectivity index (χ2n) is 11.3. The van der Waals surface area contributed by atoms with Gasteiger partial charge in [-0.25, -0.2) is 4.79 Å². The molecule has 1 fully saturated rings. The van der Waals surface area contributed by atoms with E-state index in [1.807, 2.05) is 31.2 Å². The molecule has 0 bridgehead atoms. The minimum absolute atomic E-state index is 0.0184. The molecule has 2 aromatic rings. The summed E-state index contributed by atoms with van der Waals surface area (Å²) in [5, 5.41) is 22.0. The fourth-order valence-corrected chi connectivity index (χ4v) is 5.92. The van der Waals surface area contributed by atoms with Gasteiger partial charge in [0, 0.05) is 36.3 Å². The van der Waals surface area contributed by atoms with E-state index in [0.717, 1.165) is 41.2 Å². The van der Waals surface area contributed by atoms with E-state index in [1.165, 1.54) is 10.5 Å². The maximum Gasteiger partial charge on any atom is 0.352 e. The molecule has 0 saturated carbocycles. The van der Waals surface area contributed by atoms with Crippen LogP contribution in [0.4, 0.5) is 0 Å². The maximum absolute atomic E-state index is 12.6. The van der Waals surface area contributed by atoms with Crippen molar-refractivity contribution >= 4 is 28.6 Å². The van der Waals surface area contributed by atoms with Gasteiger partial charge in [-0.15, -0.1) is 0 Å². The van der Waals surface area contributed by atoms with Crippen molar-refractivity contribution < 1.29 is 29.0 Å². The van der Waals surface area contributed by atoms with Crippen LogP contribution in [0.5, 0.6) is 5.75 Å². The number of amides is 1. The van der Waals surface area contributed by atoms with Crippen LogP contribution >= 0.6 is 0 Å². The lowest BCUT2D eigenvalue weighted by atomic mass is 9.78. The van der Waals surface area contributed by atoms with E-state index in [4.69, 9.17) is 16.2 Å². The van der Waals surface area contributed by atoms with E-state index in [9.17, 15) is 19.8 Å². The number of fused-ring (bicyclic) bond motifs is 2. The molecule has 210 valence electrons. The largest absolute Gasteiger partial charge is 0.488 e. The molecule has 1 saturated heterocycles. The summed E-state index contributed by atoms with van der Waals surface area (Å²) in [7, 11) is 4.39. The Morgan fingerprint density at radius 1 is 1.15 bits per heavy atom. The van der Waals surface area contributed by atoms with Gasteiger partial charge in [0.25, 0.3) is 0 Å². The highest BCUT2D eigenvalue weighted by Gasteiger charge is 2.59. The minimum atomic E-state index is -1.15. The summed E-state index contributed by atoms with van der Waals surface area (Å²) in [4.78, 5) is 30.1. The van der Waals surface area contributed by atoms with Crippen molar-refractivity contribution in [2.75, 3.05) is 40.3 Å². The van der Waals surface area contributed by atoms with Gasteiger partial charge in [-0.2, -0.15) is 0 Å². The van der Waals surface area contributed by atoms with Crippen molar-refractivity contribution in [3.05, 3.63) is 53.2 Å². The highest BCUT2D eigenvalue weighted by Crippen LogP contribution is 2.47. The van der Waals surface area contributed by atoms with E-state index in [0.29, 0.717) is 17.9 Å². The summed E-state index contributed by atoms with van der Waals surface area (Å²) in [6.07, 6.45) is 0.934. The van der Waals surface area contributed by atoms with E-state index in [-0.39, 0.29) is 36.1 Å².